The number of rotatable bonds is 12. The highest BCUT2D eigenvalue weighted by Crippen LogP contribution is 2.20. The fourth-order valence-electron chi connectivity index (χ4n) is 1.81. The van der Waals surface area contributed by atoms with Crippen molar-refractivity contribution in [2.45, 2.75) is 52.5 Å². The van der Waals surface area contributed by atoms with Gasteiger partial charge >= 0.3 is 8.80 Å². The standard InChI is InChI=1S/C12H28O3SSi.N2/c1-4-13-17(14-5-2,15-6-3)12-10-8-7-9-11-16;1-2/h16H,4-12H2,1-3H3;. The third-order valence-electron chi connectivity index (χ3n) is 2.48. The van der Waals surface area contributed by atoms with Crippen molar-refractivity contribution in [3.63, 3.8) is 0 Å². The first-order valence-electron chi connectivity index (χ1n) is 6.97. The largest absolute Gasteiger partial charge is 0.500 e. The topological polar surface area (TPSA) is 75.3 Å². The summed E-state index contributed by atoms with van der Waals surface area (Å²) in [6, 6.07) is 0.940. The van der Waals surface area contributed by atoms with Crippen molar-refractivity contribution in [1.82, 2.24) is 0 Å². The summed E-state index contributed by atoms with van der Waals surface area (Å²) in [4.78, 5) is 0. The molecule has 0 aromatic heterocycles. The zero-order chi connectivity index (χ0) is 15.0. The number of unbranched alkanes of at least 4 members (excludes halogenated alkanes) is 3. The van der Waals surface area contributed by atoms with E-state index in [1.807, 2.05) is 20.8 Å². The summed E-state index contributed by atoms with van der Waals surface area (Å²) in [5, 5.41) is 12.0. The van der Waals surface area contributed by atoms with Gasteiger partial charge < -0.3 is 13.3 Å². The molecule has 0 unspecified atom stereocenters. The fourth-order valence-corrected chi connectivity index (χ4v) is 4.72. The van der Waals surface area contributed by atoms with Gasteiger partial charge in [-0.15, -0.1) is 0 Å². The Bertz CT molecular complexity index is 192. The van der Waals surface area contributed by atoms with Gasteiger partial charge in [0.05, 0.1) is 0 Å². The zero-order valence-electron chi connectivity index (χ0n) is 12.4. The highest BCUT2D eigenvalue weighted by atomic mass is 32.1. The van der Waals surface area contributed by atoms with E-state index in [9.17, 15) is 0 Å². The summed E-state index contributed by atoms with van der Waals surface area (Å²) >= 11 is 4.21. The van der Waals surface area contributed by atoms with Crippen molar-refractivity contribution in [3.05, 3.63) is 0 Å². The van der Waals surface area contributed by atoms with Crippen LogP contribution in [0, 0.1) is 10.8 Å². The Morgan fingerprint density at radius 3 is 1.58 bits per heavy atom. The molecule has 0 saturated carbocycles. The van der Waals surface area contributed by atoms with E-state index < -0.39 is 8.80 Å². The Morgan fingerprint density at radius 2 is 1.21 bits per heavy atom. The van der Waals surface area contributed by atoms with Gasteiger partial charge in [-0.05, 0) is 39.4 Å². The van der Waals surface area contributed by atoms with Crippen LogP contribution in [0.1, 0.15) is 46.5 Å². The monoisotopic (exact) mass is 308 g/mol. The Labute approximate surface area is 124 Å². The number of nitrogens with zero attached hydrogens (tertiary/aromatic N) is 2. The first-order chi connectivity index (χ1) is 9.24. The predicted molar refractivity (Wildman–Crippen MR) is 81.2 cm³/mol. The second kappa shape index (κ2) is 15.9. The molecule has 114 valence electrons. The van der Waals surface area contributed by atoms with Crippen molar-refractivity contribution in [2.24, 2.45) is 0 Å². The van der Waals surface area contributed by atoms with E-state index >= 15 is 0 Å². The average Bonchev–Trinajstić information content (AvgIpc) is 2.42. The minimum Gasteiger partial charge on any atom is -0.374 e. The molecule has 0 rings (SSSR count). The molecule has 0 aliphatic carbocycles. The molecule has 0 atom stereocenters. The molecule has 0 bridgehead atoms. The molecular weight excluding hydrogens is 280 g/mol. The first kappa shape index (κ1) is 21.2. The van der Waals surface area contributed by atoms with Crippen molar-refractivity contribution >= 4 is 21.4 Å². The lowest BCUT2D eigenvalue weighted by atomic mass is 10.2. The summed E-state index contributed by atoms with van der Waals surface area (Å²) in [6.45, 7) is 8.01. The van der Waals surface area contributed by atoms with E-state index in [0.29, 0.717) is 19.8 Å². The van der Waals surface area contributed by atoms with E-state index in [1.165, 1.54) is 19.3 Å². The maximum atomic E-state index is 6.00. The minimum absolute atomic E-state index is 0.670. The number of thiol groups is 1. The molecule has 0 aromatic rings. The first-order valence-corrected chi connectivity index (χ1v) is 9.53. The Morgan fingerprint density at radius 1 is 0.789 bits per heavy atom. The van der Waals surface area contributed by atoms with Gasteiger partial charge in [0.15, 0.2) is 0 Å². The molecular formula is C12H28N2O3SSi. The number of hydrogen-bond acceptors (Lipinski definition) is 6. The van der Waals surface area contributed by atoms with Crippen molar-refractivity contribution in [3.8, 4) is 0 Å². The highest BCUT2D eigenvalue weighted by Gasteiger charge is 2.39. The van der Waals surface area contributed by atoms with E-state index in [0.717, 1.165) is 18.2 Å². The Kier molecular flexibility index (Phi) is 17.7. The van der Waals surface area contributed by atoms with Crippen molar-refractivity contribution in [1.29, 1.82) is 10.8 Å². The van der Waals surface area contributed by atoms with Crippen LogP contribution in [0.15, 0.2) is 0 Å². The molecule has 0 amide bonds. The molecule has 5 nitrogen and oxygen atoms in total. The van der Waals surface area contributed by atoms with Crippen molar-refractivity contribution in [2.75, 3.05) is 25.6 Å². The smallest absolute Gasteiger partial charge is 0.374 e. The molecule has 0 N–H and O–H groups in total. The van der Waals surface area contributed by atoms with Crippen LogP contribution in [-0.2, 0) is 13.3 Å². The molecule has 0 saturated heterocycles. The van der Waals surface area contributed by atoms with Crippen molar-refractivity contribution < 1.29 is 13.3 Å². The van der Waals surface area contributed by atoms with Gasteiger partial charge in [-0.2, -0.15) is 12.6 Å². The van der Waals surface area contributed by atoms with Crippen LogP contribution in [0.2, 0.25) is 6.04 Å². The van der Waals surface area contributed by atoms with E-state index in [2.05, 4.69) is 12.6 Å². The molecule has 0 aliphatic heterocycles. The second-order valence-corrected chi connectivity index (χ2v) is 7.05. The lowest BCUT2D eigenvalue weighted by molar-refractivity contribution is 0.0706. The van der Waals surface area contributed by atoms with E-state index in [-0.39, 0.29) is 0 Å². The van der Waals surface area contributed by atoms with Gasteiger partial charge in [0.2, 0.25) is 0 Å². The normalized spacial score (nSPS) is 10.8. The quantitative estimate of drug-likeness (QED) is 0.258. The molecule has 7 heteroatoms. The summed E-state index contributed by atoms with van der Waals surface area (Å²) in [6.07, 6.45) is 4.76. The predicted octanol–water partition coefficient (Wildman–Crippen LogP) is 3.56. The maximum absolute atomic E-state index is 6.00. The Hall–Kier alpha value is -0.133. The Balaban J connectivity index is 0. The highest BCUT2D eigenvalue weighted by molar-refractivity contribution is 7.80. The third-order valence-corrected chi connectivity index (χ3v) is 5.95. The summed E-state index contributed by atoms with van der Waals surface area (Å²) in [5.74, 6) is 0.977. The van der Waals surface area contributed by atoms with E-state index in [4.69, 9.17) is 24.1 Å². The van der Waals surface area contributed by atoms with Gasteiger partial charge in [-0.25, -0.2) is 0 Å². The summed E-state index contributed by atoms with van der Waals surface area (Å²) in [5.41, 5.74) is 0. The molecule has 0 heterocycles. The molecule has 0 aliphatic rings. The third kappa shape index (κ3) is 11.4. The van der Waals surface area contributed by atoms with Crippen LogP contribution < -0.4 is 0 Å². The minimum atomic E-state index is -2.37. The maximum Gasteiger partial charge on any atom is 0.500 e. The van der Waals surface area contributed by atoms with Crippen LogP contribution in [0.4, 0.5) is 0 Å². The van der Waals surface area contributed by atoms with Crippen LogP contribution >= 0.6 is 12.6 Å². The zero-order valence-corrected chi connectivity index (χ0v) is 14.3. The van der Waals surface area contributed by atoms with Crippen LogP contribution in [0.5, 0.6) is 0 Å². The second-order valence-electron chi connectivity index (χ2n) is 3.87. The number of hydrogen-bond donors (Lipinski definition) is 1. The van der Waals surface area contributed by atoms with Gasteiger partial charge in [-0.3, -0.25) is 0 Å². The molecule has 0 fully saturated rings. The molecule has 0 spiro atoms. The molecule has 0 aromatic carbocycles. The SMILES string of the molecule is CCO[Si](CCCCCCS)(OCC)OCC.N#N. The van der Waals surface area contributed by atoms with Gasteiger partial charge in [0, 0.05) is 36.7 Å². The summed E-state index contributed by atoms with van der Waals surface area (Å²) in [7, 11) is -2.37. The lowest BCUT2D eigenvalue weighted by Gasteiger charge is -2.28. The van der Waals surface area contributed by atoms with Crippen LogP contribution in [-0.4, -0.2) is 34.4 Å². The molecule has 19 heavy (non-hydrogen) atoms. The van der Waals surface area contributed by atoms with E-state index in [1.54, 1.807) is 0 Å². The van der Waals surface area contributed by atoms with Gasteiger partial charge in [0.25, 0.3) is 0 Å². The average molecular weight is 309 g/mol. The molecule has 0 radical (unpaired) electrons. The van der Waals surface area contributed by atoms with Crippen LogP contribution in [0.25, 0.3) is 0 Å². The fraction of sp³-hybridized carbons (Fsp3) is 1.00. The van der Waals surface area contributed by atoms with Gasteiger partial charge in [0.1, 0.15) is 0 Å². The lowest BCUT2D eigenvalue weighted by Crippen LogP contribution is -2.45. The van der Waals surface area contributed by atoms with Gasteiger partial charge in [-0.1, -0.05) is 12.8 Å². The van der Waals surface area contributed by atoms with Crippen LogP contribution in [0.3, 0.4) is 0 Å². The summed E-state index contributed by atoms with van der Waals surface area (Å²) < 4.78 is 17.4.